The third-order valence-corrected chi connectivity index (χ3v) is 4.48. The Morgan fingerprint density at radius 3 is 2.28 bits per heavy atom. The fourth-order valence-corrected chi connectivity index (χ4v) is 3.30. The molecule has 25 heavy (non-hydrogen) atoms. The first kappa shape index (κ1) is 15.8. The van der Waals surface area contributed by atoms with E-state index in [1.807, 2.05) is 18.2 Å². The Labute approximate surface area is 149 Å². The largest absolute Gasteiger partial charge is 0.451 e. The number of benzene rings is 3. The molecule has 1 aliphatic carbocycles. The number of halogens is 1. The molecule has 4 nitrogen and oxygen atoms in total. The second-order valence-corrected chi connectivity index (χ2v) is 6.12. The van der Waals surface area contributed by atoms with Crippen LogP contribution in [0.2, 0.25) is 5.02 Å². The van der Waals surface area contributed by atoms with Crippen LogP contribution in [0.1, 0.15) is 27.0 Å². The van der Waals surface area contributed by atoms with E-state index in [-0.39, 0.29) is 5.78 Å². The standard InChI is InChI=1S/C20H13ClO4/c21-13-10-11-18-16(12-13)19(22)15-8-4-5-9-17(15)20(18,25-23)24-14-6-2-1-3-7-14/h1-12,23H. The monoisotopic (exact) mass is 352 g/mol. The van der Waals surface area contributed by atoms with Crippen LogP contribution in [0, 0.1) is 0 Å². The smallest absolute Gasteiger partial charge is 0.294 e. The predicted molar refractivity (Wildman–Crippen MR) is 92.9 cm³/mol. The second-order valence-electron chi connectivity index (χ2n) is 5.69. The molecule has 0 bridgehead atoms. The molecule has 124 valence electrons. The van der Waals surface area contributed by atoms with Crippen molar-refractivity contribution >= 4 is 17.4 Å². The fraction of sp³-hybridized carbons (Fsp3) is 0.0500. The highest BCUT2D eigenvalue weighted by Gasteiger charge is 2.48. The summed E-state index contributed by atoms with van der Waals surface area (Å²) in [6.07, 6.45) is 0. The van der Waals surface area contributed by atoms with Gasteiger partial charge in [0, 0.05) is 27.3 Å². The van der Waals surface area contributed by atoms with Crippen molar-refractivity contribution in [1.29, 1.82) is 0 Å². The molecule has 0 radical (unpaired) electrons. The Bertz CT molecular complexity index is 955. The molecule has 0 aliphatic heterocycles. The van der Waals surface area contributed by atoms with E-state index in [9.17, 15) is 10.1 Å². The van der Waals surface area contributed by atoms with E-state index >= 15 is 0 Å². The average molecular weight is 353 g/mol. The van der Waals surface area contributed by atoms with Gasteiger partial charge in [0.2, 0.25) is 0 Å². The lowest BCUT2D eigenvalue weighted by molar-refractivity contribution is -0.373. The lowest BCUT2D eigenvalue weighted by atomic mass is 9.80. The maximum atomic E-state index is 12.9. The summed E-state index contributed by atoms with van der Waals surface area (Å²) >= 11 is 6.07. The molecule has 1 unspecified atom stereocenters. The first-order valence-electron chi connectivity index (χ1n) is 7.66. The molecule has 0 saturated heterocycles. The first-order valence-corrected chi connectivity index (χ1v) is 8.04. The van der Waals surface area contributed by atoms with Crippen molar-refractivity contribution in [1.82, 2.24) is 0 Å². The van der Waals surface area contributed by atoms with E-state index in [0.717, 1.165) is 0 Å². The minimum atomic E-state index is -1.66. The molecule has 4 rings (SSSR count). The van der Waals surface area contributed by atoms with Gasteiger partial charge in [0.15, 0.2) is 5.78 Å². The molecule has 3 aromatic carbocycles. The molecule has 3 aromatic rings. The van der Waals surface area contributed by atoms with Crippen molar-refractivity contribution in [3.63, 3.8) is 0 Å². The van der Waals surface area contributed by atoms with Gasteiger partial charge in [0.05, 0.1) is 0 Å². The summed E-state index contributed by atoms with van der Waals surface area (Å²) in [6, 6.07) is 20.6. The molecule has 0 amide bonds. The molecular weight excluding hydrogens is 340 g/mol. The number of rotatable bonds is 3. The SMILES string of the molecule is O=C1c2ccccc2C(OO)(Oc2ccccc2)c2ccc(Cl)cc21. The van der Waals surface area contributed by atoms with Crippen LogP contribution in [-0.4, -0.2) is 11.0 Å². The molecule has 5 heteroatoms. The molecule has 0 saturated carbocycles. The third kappa shape index (κ3) is 2.43. The Morgan fingerprint density at radius 2 is 1.52 bits per heavy atom. The van der Waals surface area contributed by atoms with Gasteiger partial charge >= 0.3 is 0 Å². The van der Waals surface area contributed by atoms with Crippen molar-refractivity contribution in [2.45, 2.75) is 5.79 Å². The molecule has 1 N–H and O–H groups in total. The van der Waals surface area contributed by atoms with Crippen LogP contribution in [0.5, 0.6) is 5.75 Å². The van der Waals surface area contributed by atoms with Gasteiger partial charge in [-0.15, -0.1) is 0 Å². The van der Waals surface area contributed by atoms with E-state index in [0.29, 0.717) is 33.0 Å². The van der Waals surface area contributed by atoms with Crippen molar-refractivity contribution in [3.05, 3.63) is 100 Å². The van der Waals surface area contributed by atoms with E-state index in [4.69, 9.17) is 21.2 Å². The lowest BCUT2D eigenvalue weighted by Gasteiger charge is -2.37. The van der Waals surface area contributed by atoms with Gasteiger partial charge in [-0.3, -0.25) is 4.79 Å². The number of ketones is 1. The van der Waals surface area contributed by atoms with Crippen molar-refractivity contribution in [2.75, 3.05) is 0 Å². The minimum absolute atomic E-state index is 0.197. The van der Waals surface area contributed by atoms with Gasteiger partial charge in [-0.2, -0.15) is 4.89 Å². The number of hydrogen-bond donors (Lipinski definition) is 1. The summed E-state index contributed by atoms with van der Waals surface area (Å²) in [6.45, 7) is 0. The molecular formula is C20H13ClO4. The highest BCUT2D eigenvalue weighted by Crippen LogP contribution is 2.44. The predicted octanol–water partition coefficient (Wildman–Crippen LogP) is 4.65. The number of para-hydroxylation sites is 1. The van der Waals surface area contributed by atoms with Crippen molar-refractivity contribution in [3.8, 4) is 5.75 Å². The summed E-state index contributed by atoms with van der Waals surface area (Å²) in [5.41, 5.74) is 1.55. The van der Waals surface area contributed by atoms with Crippen LogP contribution in [0.15, 0.2) is 72.8 Å². The summed E-state index contributed by atoms with van der Waals surface area (Å²) in [4.78, 5) is 17.8. The van der Waals surface area contributed by atoms with Crippen molar-refractivity contribution < 1.29 is 19.7 Å². The number of fused-ring (bicyclic) bond motifs is 2. The third-order valence-electron chi connectivity index (χ3n) is 4.24. The topological polar surface area (TPSA) is 55.8 Å². The summed E-state index contributed by atoms with van der Waals surface area (Å²) in [7, 11) is 0. The van der Waals surface area contributed by atoms with Gasteiger partial charge in [-0.05, 0) is 30.3 Å². The maximum Gasteiger partial charge on any atom is 0.294 e. The zero-order valence-corrected chi connectivity index (χ0v) is 13.7. The number of carbonyl (C=O) groups excluding carboxylic acids is 1. The average Bonchev–Trinajstić information content (AvgIpc) is 2.66. The number of hydrogen-bond acceptors (Lipinski definition) is 4. The summed E-state index contributed by atoms with van der Waals surface area (Å²) < 4.78 is 6.07. The van der Waals surface area contributed by atoms with E-state index in [1.54, 1.807) is 54.6 Å². The van der Waals surface area contributed by atoms with Gasteiger partial charge in [0.25, 0.3) is 5.79 Å². The van der Waals surface area contributed by atoms with Gasteiger partial charge in [-0.25, -0.2) is 5.26 Å². The number of carbonyl (C=O) groups is 1. The van der Waals surface area contributed by atoms with Crippen LogP contribution in [-0.2, 0) is 10.7 Å². The summed E-state index contributed by atoms with van der Waals surface area (Å²) in [5.74, 6) is -1.37. The molecule has 0 fully saturated rings. The molecule has 0 aromatic heterocycles. The Hall–Kier alpha value is -2.66. The Morgan fingerprint density at radius 1 is 0.840 bits per heavy atom. The molecule has 0 heterocycles. The highest BCUT2D eigenvalue weighted by atomic mass is 35.5. The zero-order valence-electron chi connectivity index (χ0n) is 13.0. The minimum Gasteiger partial charge on any atom is -0.451 e. The van der Waals surface area contributed by atoms with Crippen molar-refractivity contribution in [2.24, 2.45) is 0 Å². The van der Waals surface area contributed by atoms with Crippen LogP contribution < -0.4 is 4.74 Å². The normalized spacial score (nSPS) is 18.4. The quantitative estimate of drug-likeness (QED) is 0.423. The van der Waals surface area contributed by atoms with Crippen LogP contribution in [0.4, 0.5) is 0 Å². The van der Waals surface area contributed by atoms with Gasteiger partial charge in [0.1, 0.15) is 5.75 Å². The summed E-state index contributed by atoms with van der Waals surface area (Å²) in [5, 5.41) is 10.3. The lowest BCUT2D eigenvalue weighted by Crippen LogP contribution is -2.42. The highest BCUT2D eigenvalue weighted by molar-refractivity contribution is 6.31. The molecule has 1 atom stereocenters. The van der Waals surface area contributed by atoms with Gasteiger partial charge < -0.3 is 4.74 Å². The van der Waals surface area contributed by atoms with E-state index in [1.165, 1.54) is 0 Å². The Balaban J connectivity index is 2.00. The van der Waals surface area contributed by atoms with Crippen LogP contribution in [0.3, 0.4) is 0 Å². The van der Waals surface area contributed by atoms with Gasteiger partial charge in [-0.1, -0.05) is 54.1 Å². The molecule has 1 aliphatic rings. The molecule has 0 spiro atoms. The first-order chi connectivity index (χ1) is 12.2. The Kier molecular flexibility index (Phi) is 3.81. The zero-order chi connectivity index (χ0) is 17.4. The van der Waals surface area contributed by atoms with E-state index in [2.05, 4.69) is 0 Å². The maximum absolute atomic E-state index is 12.9. The van der Waals surface area contributed by atoms with Crippen LogP contribution in [0.25, 0.3) is 0 Å². The van der Waals surface area contributed by atoms with Crippen LogP contribution >= 0.6 is 11.6 Å². The second kappa shape index (κ2) is 6.01. The fourth-order valence-electron chi connectivity index (χ4n) is 3.13. The van der Waals surface area contributed by atoms with E-state index < -0.39 is 5.79 Å². The number of ether oxygens (including phenoxy) is 1.